The van der Waals surface area contributed by atoms with Crippen molar-refractivity contribution < 1.29 is 9.13 Å². The lowest BCUT2D eigenvalue weighted by atomic mass is 9.99. The van der Waals surface area contributed by atoms with Crippen LogP contribution in [0.3, 0.4) is 0 Å². The SMILES string of the molecule is COCC(F)(CCCN)c1sccc1Br. The quantitative estimate of drug-likeness (QED) is 0.875. The molecule has 0 spiro atoms. The van der Waals surface area contributed by atoms with Gasteiger partial charge in [-0.25, -0.2) is 4.39 Å². The highest BCUT2D eigenvalue weighted by Crippen LogP contribution is 2.39. The van der Waals surface area contributed by atoms with E-state index in [2.05, 4.69) is 15.9 Å². The molecule has 1 unspecified atom stereocenters. The summed E-state index contributed by atoms with van der Waals surface area (Å²) in [5, 5.41) is 1.87. The van der Waals surface area contributed by atoms with Crippen LogP contribution in [-0.2, 0) is 10.4 Å². The van der Waals surface area contributed by atoms with Crippen LogP contribution >= 0.6 is 27.3 Å². The van der Waals surface area contributed by atoms with Gasteiger partial charge in [0.15, 0.2) is 5.67 Å². The second-order valence-electron chi connectivity index (χ2n) is 3.39. The zero-order valence-electron chi connectivity index (χ0n) is 8.63. The summed E-state index contributed by atoms with van der Waals surface area (Å²) in [5.41, 5.74) is 3.99. The highest BCUT2D eigenvalue weighted by atomic mass is 79.9. The number of halogens is 2. The number of ether oxygens (including phenoxy) is 1. The molecule has 86 valence electrons. The van der Waals surface area contributed by atoms with E-state index >= 15 is 0 Å². The second-order valence-corrected chi connectivity index (χ2v) is 5.16. The molecule has 2 N–H and O–H groups in total. The van der Waals surface area contributed by atoms with Gasteiger partial charge in [-0.05, 0) is 46.8 Å². The summed E-state index contributed by atoms with van der Waals surface area (Å²) in [5.74, 6) is 0. The monoisotopic (exact) mass is 295 g/mol. The molecule has 0 fully saturated rings. The Balaban J connectivity index is 2.85. The molecule has 15 heavy (non-hydrogen) atoms. The van der Waals surface area contributed by atoms with E-state index in [9.17, 15) is 4.39 Å². The summed E-state index contributed by atoms with van der Waals surface area (Å²) >= 11 is 4.75. The molecule has 1 rings (SSSR count). The Hall–Kier alpha value is 0.0300. The molecule has 0 saturated heterocycles. The highest BCUT2D eigenvalue weighted by Gasteiger charge is 2.34. The molecule has 0 aliphatic rings. The Kier molecular flexibility index (Phi) is 5.18. The van der Waals surface area contributed by atoms with Gasteiger partial charge >= 0.3 is 0 Å². The summed E-state index contributed by atoms with van der Waals surface area (Å²) in [7, 11) is 1.51. The topological polar surface area (TPSA) is 35.2 Å². The Morgan fingerprint density at radius 1 is 1.67 bits per heavy atom. The minimum atomic E-state index is -1.42. The molecular formula is C10H15BrFNOS. The third-order valence-corrected chi connectivity index (χ3v) is 4.19. The van der Waals surface area contributed by atoms with Crippen molar-refractivity contribution >= 4 is 27.3 Å². The first-order valence-electron chi connectivity index (χ1n) is 4.75. The van der Waals surface area contributed by atoms with Gasteiger partial charge in [-0.3, -0.25) is 0 Å². The van der Waals surface area contributed by atoms with Crippen LogP contribution in [0, 0.1) is 0 Å². The number of alkyl halides is 1. The third kappa shape index (κ3) is 3.24. The van der Waals surface area contributed by atoms with Crippen molar-refractivity contribution in [2.75, 3.05) is 20.3 Å². The van der Waals surface area contributed by atoms with Gasteiger partial charge in [0.05, 0.1) is 11.5 Å². The van der Waals surface area contributed by atoms with Crippen molar-refractivity contribution in [1.82, 2.24) is 0 Å². The molecule has 0 amide bonds. The predicted molar refractivity (Wildman–Crippen MR) is 65.0 cm³/mol. The van der Waals surface area contributed by atoms with Gasteiger partial charge < -0.3 is 10.5 Å². The lowest BCUT2D eigenvalue weighted by Crippen LogP contribution is -2.26. The van der Waals surface area contributed by atoms with Crippen molar-refractivity contribution in [1.29, 1.82) is 0 Å². The summed E-state index contributed by atoms with van der Waals surface area (Å²) in [6, 6.07) is 1.85. The molecule has 5 heteroatoms. The second kappa shape index (κ2) is 5.94. The van der Waals surface area contributed by atoms with Crippen LogP contribution in [-0.4, -0.2) is 20.3 Å². The number of methoxy groups -OCH3 is 1. The van der Waals surface area contributed by atoms with Crippen LogP contribution in [0.2, 0.25) is 0 Å². The lowest BCUT2D eigenvalue weighted by molar-refractivity contribution is 0.0326. The Bertz CT molecular complexity index is 307. The molecule has 1 atom stereocenters. The fourth-order valence-corrected chi connectivity index (χ4v) is 3.31. The largest absolute Gasteiger partial charge is 0.381 e. The predicted octanol–water partition coefficient (Wildman–Crippen LogP) is 3.06. The molecule has 0 aliphatic carbocycles. The number of hydrogen-bond donors (Lipinski definition) is 1. The Morgan fingerprint density at radius 2 is 2.40 bits per heavy atom. The first kappa shape index (κ1) is 13.1. The first-order valence-corrected chi connectivity index (χ1v) is 6.42. The smallest absolute Gasteiger partial charge is 0.169 e. The number of rotatable bonds is 6. The molecule has 0 radical (unpaired) electrons. The van der Waals surface area contributed by atoms with E-state index in [0.717, 1.165) is 4.47 Å². The fraction of sp³-hybridized carbons (Fsp3) is 0.600. The normalized spacial score (nSPS) is 15.2. The molecule has 0 saturated carbocycles. The van der Waals surface area contributed by atoms with E-state index < -0.39 is 5.67 Å². The Morgan fingerprint density at radius 3 is 2.87 bits per heavy atom. The van der Waals surface area contributed by atoms with Gasteiger partial charge in [-0.2, -0.15) is 0 Å². The molecule has 1 aromatic heterocycles. The molecule has 1 heterocycles. The van der Waals surface area contributed by atoms with E-state index in [1.165, 1.54) is 18.4 Å². The minimum absolute atomic E-state index is 0.0755. The standard InChI is InChI=1S/C10H15BrFNOS/c1-14-7-10(12,4-2-5-13)9-8(11)3-6-15-9/h3,6H,2,4-5,7,13H2,1H3. The van der Waals surface area contributed by atoms with Gasteiger partial charge in [-0.15, -0.1) is 11.3 Å². The zero-order chi connectivity index (χ0) is 11.3. The number of thiophene rings is 1. The van der Waals surface area contributed by atoms with E-state index in [1.807, 2.05) is 11.4 Å². The van der Waals surface area contributed by atoms with Crippen LogP contribution in [0.1, 0.15) is 17.7 Å². The van der Waals surface area contributed by atoms with Crippen LogP contribution in [0.5, 0.6) is 0 Å². The van der Waals surface area contributed by atoms with Crippen LogP contribution < -0.4 is 5.73 Å². The molecule has 2 nitrogen and oxygen atoms in total. The molecule has 0 bridgehead atoms. The minimum Gasteiger partial charge on any atom is -0.381 e. The molecule has 0 aromatic carbocycles. The maximum atomic E-state index is 14.6. The Labute approximate surface area is 102 Å². The van der Waals surface area contributed by atoms with Crippen molar-refractivity contribution in [3.63, 3.8) is 0 Å². The summed E-state index contributed by atoms with van der Waals surface area (Å²) < 4.78 is 20.4. The number of hydrogen-bond acceptors (Lipinski definition) is 3. The summed E-state index contributed by atoms with van der Waals surface area (Å²) in [6.07, 6.45) is 1.06. The maximum Gasteiger partial charge on any atom is 0.169 e. The van der Waals surface area contributed by atoms with Gasteiger partial charge in [0.25, 0.3) is 0 Å². The van der Waals surface area contributed by atoms with Crippen molar-refractivity contribution in [2.24, 2.45) is 5.73 Å². The third-order valence-electron chi connectivity index (χ3n) is 2.17. The van der Waals surface area contributed by atoms with E-state index in [4.69, 9.17) is 10.5 Å². The van der Waals surface area contributed by atoms with Crippen molar-refractivity contribution in [3.05, 3.63) is 20.8 Å². The van der Waals surface area contributed by atoms with Gasteiger partial charge in [-0.1, -0.05) is 0 Å². The van der Waals surface area contributed by atoms with Crippen LogP contribution in [0.15, 0.2) is 15.9 Å². The maximum absolute atomic E-state index is 14.6. The highest BCUT2D eigenvalue weighted by molar-refractivity contribution is 9.10. The van der Waals surface area contributed by atoms with Gasteiger partial charge in [0.1, 0.15) is 0 Å². The zero-order valence-corrected chi connectivity index (χ0v) is 11.0. The van der Waals surface area contributed by atoms with Crippen molar-refractivity contribution in [2.45, 2.75) is 18.5 Å². The first-order chi connectivity index (χ1) is 7.14. The van der Waals surface area contributed by atoms with Gasteiger partial charge in [0, 0.05) is 11.6 Å². The van der Waals surface area contributed by atoms with Crippen molar-refractivity contribution in [3.8, 4) is 0 Å². The average molecular weight is 296 g/mol. The lowest BCUT2D eigenvalue weighted by Gasteiger charge is -2.23. The van der Waals surface area contributed by atoms with Crippen LogP contribution in [0.4, 0.5) is 4.39 Å². The molecule has 0 aliphatic heterocycles. The average Bonchev–Trinajstić information content (AvgIpc) is 2.62. The summed E-state index contributed by atoms with van der Waals surface area (Å²) in [6.45, 7) is 0.574. The van der Waals surface area contributed by atoms with E-state index in [-0.39, 0.29) is 6.61 Å². The molecule has 1 aromatic rings. The molecular weight excluding hydrogens is 281 g/mol. The van der Waals surface area contributed by atoms with Crippen LogP contribution in [0.25, 0.3) is 0 Å². The van der Waals surface area contributed by atoms with Gasteiger partial charge in [0.2, 0.25) is 0 Å². The van der Waals surface area contributed by atoms with E-state index in [0.29, 0.717) is 24.3 Å². The summed E-state index contributed by atoms with van der Waals surface area (Å²) in [4.78, 5) is 0.692. The number of nitrogens with two attached hydrogens (primary N) is 1. The fourth-order valence-electron chi connectivity index (χ4n) is 1.48. The van der Waals surface area contributed by atoms with E-state index in [1.54, 1.807) is 0 Å².